The maximum Gasteiger partial charge on any atom is 0.317 e. The molecular formula is C14H26N2O3. The van der Waals surface area contributed by atoms with E-state index in [1.54, 1.807) is 4.90 Å². The molecule has 3 atom stereocenters. The molecular weight excluding hydrogens is 244 g/mol. The fourth-order valence-corrected chi connectivity index (χ4v) is 2.95. The van der Waals surface area contributed by atoms with Crippen molar-refractivity contribution in [3.63, 3.8) is 0 Å². The van der Waals surface area contributed by atoms with Crippen LogP contribution in [-0.4, -0.2) is 40.6 Å². The molecule has 110 valence electrons. The van der Waals surface area contributed by atoms with Crippen LogP contribution < -0.4 is 5.32 Å². The Balaban J connectivity index is 2.57. The monoisotopic (exact) mass is 270 g/mol. The number of likely N-dealkylation sites (tertiary alicyclic amines) is 1. The van der Waals surface area contributed by atoms with Crippen molar-refractivity contribution in [1.82, 2.24) is 10.2 Å². The van der Waals surface area contributed by atoms with Crippen LogP contribution in [0.15, 0.2) is 0 Å². The summed E-state index contributed by atoms with van der Waals surface area (Å²) in [6.07, 6.45) is 2.61. The fraction of sp³-hybridized carbons (Fsp3) is 0.857. The topological polar surface area (TPSA) is 69.6 Å². The number of nitrogens with zero attached hydrogens (tertiary/aromatic N) is 1. The lowest BCUT2D eigenvalue weighted by atomic mass is 9.96. The SMILES string of the molecule is CCC(CC)C(C)NC(=O)N1CCC(C(=O)O)C1C. The van der Waals surface area contributed by atoms with Gasteiger partial charge in [-0.05, 0) is 26.2 Å². The van der Waals surface area contributed by atoms with Crippen LogP contribution in [0.4, 0.5) is 4.79 Å². The number of rotatable bonds is 5. The Labute approximate surface area is 115 Å². The van der Waals surface area contributed by atoms with E-state index in [-0.39, 0.29) is 18.1 Å². The van der Waals surface area contributed by atoms with Gasteiger partial charge < -0.3 is 15.3 Å². The summed E-state index contributed by atoms with van der Waals surface area (Å²) in [5, 5.41) is 12.1. The van der Waals surface area contributed by atoms with Gasteiger partial charge in [0.1, 0.15) is 0 Å². The van der Waals surface area contributed by atoms with Gasteiger partial charge in [-0.25, -0.2) is 4.79 Å². The molecule has 2 amide bonds. The second-order valence-corrected chi connectivity index (χ2v) is 5.48. The summed E-state index contributed by atoms with van der Waals surface area (Å²) in [6, 6.07) is -0.236. The van der Waals surface area contributed by atoms with E-state index >= 15 is 0 Å². The molecule has 1 saturated heterocycles. The van der Waals surface area contributed by atoms with Gasteiger partial charge in [-0.1, -0.05) is 26.7 Å². The predicted octanol–water partition coefficient (Wildman–Crippen LogP) is 2.32. The zero-order valence-corrected chi connectivity index (χ0v) is 12.3. The molecule has 1 aliphatic heterocycles. The van der Waals surface area contributed by atoms with Crippen molar-refractivity contribution in [3.8, 4) is 0 Å². The minimum Gasteiger partial charge on any atom is -0.481 e. The molecule has 0 aliphatic carbocycles. The van der Waals surface area contributed by atoms with Crippen molar-refractivity contribution in [2.24, 2.45) is 11.8 Å². The first-order valence-electron chi connectivity index (χ1n) is 7.22. The molecule has 0 saturated carbocycles. The Morgan fingerprint density at radius 3 is 2.37 bits per heavy atom. The first kappa shape index (κ1) is 15.8. The summed E-state index contributed by atoms with van der Waals surface area (Å²) >= 11 is 0. The summed E-state index contributed by atoms with van der Waals surface area (Å²) < 4.78 is 0. The van der Waals surface area contributed by atoms with E-state index in [0.717, 1.165) is 12.8 Å². The van der Waals surface area contributed by atoms with Gasteiger partial charge in [0.15, 0.2) is 0 Å². The van der Waals surface area contributed by atoms with E-state index in [1.807, 2.05) is 13.8 Å². The van der Waals surface area contributed by atoms with Crippen molar-refractivity contribution in [2.75, 3.05) is 6.54 Å². The Bertz CT molecular complexity index is 329. The molecule has 0 spiro atoms. The summed E-state index contributed by atoms with van der Waals surface area (Å²) in [4.78, 5) is 24.9. The molecule has 0 radical (unpaired) electrons. The molecule has 1 fully saturated rings. The molecule has 1 heterocycles. The van der Waals surface area contributed by atoms with Gasteiger partial charge in [-0.15, -0.1) is 0 Å². The highest BCUT2D eigenvalue weighted by Crippen LogP contribution is 2.24. The van der Waals surface area contributed by atoms with Crippen LogP contribution in [0.25, 0.3) is 0 Å². The number of carbonyl (C=O) groups excluding carboxylic acids is 1. The fourth-order valence-electron chi connectivity index (χ4n) is 2.95. The zero-order valence-electron chi connectivity index (χ0n) is 12.3. The van der Waals surface area contributed by atoms with Gasteiger partial charge in [0.25, 0.3) is 0 Å². The Morgan fingerprint density at radius 1 is 1.37 bits per heavy atom. The highest BCUT2D eigenvalue weighted by molar-refractivity contribution is 5.78. The Hall–Kier alpha value is -1.26. The first-order chi connectivity index (χ1) is 8.92. The van der Waals surface area contributed by atoms with Gasteiger partial charge >= 0.3 is 12.0 Å². The summed E-state index contributed by atoms with van der Waals surface area (Å²) in [7, 11) is 0. The van der Waals surface area contributed by atoms with E-state index in [9.17, 15) is 9.59 Å². The highest BCUT2D eigenvalue weighted by Gasteiger charge is 2.38. The van der Waals surface area contributed by atoms with Crippen LogP contribution in [0, 0.1) is 11.8 Å². The number of carboxylic acids is 1. The van der Waals surface area contributed by atoms with E-state index < -0.39 is 11.9 Å². The summed E-state index contributed by atoms with van der Waals surface area (Å²) in [5.41, 5.74) is 0. The molecule has 0 aromatic carbocycles. The number of nitrogens with one attached hydrogen (secondary N) is 1. The number of hydrogen-bond acceptors (Lipinski definition) is 2. The Kier molecular flexibility index (Phi) is 5.63. The third kappa shape index (κ3) is 3.61. The van der Waals surface area contributed by atoms with Gasteiger partial charge in [0.2, 0.25) is 0 Å². The van der Waals surface area contributed by atoms with E-state index in [2.05, 4.69) is 19.2 Å². The maximum absolute atomic E-state index is 12.2. The zero-order chi connectivity index (χ0) is 14.6. The third-order valence-corrected chi connectivity index (χ3v) is 4.44. The van der Waals surface area contributed by atoms with E-state index in [1.165, 1.54) is 0 Å². The maximum atomic E-state index is 12.2. The summed E-state index contributed by atoms with van der Waals surface area (Å²) in [6.45, 7) is 8.60. The standard InChI is InChI=1S/C14H26N2O3/c1-5-11(6-2)9(3)15-14(19)16-8-7-12(10(16)4)13(17)18/h9-12H,5-8H2,1-4H3,(H,15,19)(H,17,18). The van der Waals surface area contributed by atoms with Crippen LogP contribution in [0.3, 0.4) is 0 Å². The van der Waals surface area contributed by atoms with Crippen LogP contribution in [0.2, 0.25) is 0 Å². The van der Waals surface area contributed by atoms with Gasteiger partial charge in [0, 0.05) is 18.6 Å². The van der Waals surface area contributed by atoms with Crippen molar-refractivity contribution in [1.29, 1.82) is 0 Å². The number of amides is 2. The van der Waals surface area contributed by atoms with Crippen LogP contribution in [0.5, 0.6) is 0 Å². The second-order valence-electron chi connectivity index (χ2n) is 5.48. The Morgan fingerprint density at radius 2 is 1.95 bits per heavy atom. The minimum absolute atomic E-state index is 0.124. The van der Waals surface area contributed by atoms with Gasteiger partial charge in [-0.2, -0.15) is 0 Å². The van der Waals surface area contributed by atoms with Crippen molar-refractivity contribution in [2.45, 2.75) is 59.0 Å². The van der Waals surface area contributed by atoms with Crippen molar-refractivity contribution < 1.29 is 14.7 Å². The highest BCUT2D eigenvalue weighted by atomic mass is 16.4. The van der Waals surface area contributed by atoms with Crippen LogP contribution in [-0.2, 0) is 4.79 Å². The van der Waals surface area contributed by atoms with Gasteiger partial charge in [0.05, 0.1) is 5.92 Å². The molecule has 2 N–H and O–H groups in total. The van der Waals surface area contributed by atoms with Gasteiger partial charge in [-0.3, -0.25) is 4.79 Å². The molecule has 5 nitrogen and oxygen atoms in total. The lowest BCUT2D eigenvalue weighted by molar-refractivity contribution is -0.142. The van der Waals surface area contributed by atoms with Crippen molar-refractivity contribution in [3.05, 3.63) is 0 Å². The molecule has 0 bridgehead atoms. The molecule has 0 aromatic rings. The molecule has 0 aromatic heterocycles. The molecule has 1 aliphatic rings. The van der Waals surface area contributed by atoms with E-state index in [0.29, 0.717) is 18.9 Å². The lowest BCUT2D eigenvalue weighted by Gasteiger charge is -2.28. The third-order valence-electron chi connectivity index (χ3n) is 4.44. The smallest absolute Gasteiger partial charge is 0.317 e. The summed E-state index contributed by atoms with van der Waals surface area (Å²) in [5.74, 6) is -0.776. The molecule has 5 heteroatoms. The largest absolute Gasteiger partial charge is 0.481 e. The second kappa shape index (κ2) is 6.78. The minimum atomic E-state index is -0.809. The molecule has 3 unspecified atom stereocenters. The average molecular weight is 270 g/mol. The molecule has 1 rings (SSSR count). The normalized spacial score (nSPS) is 24.6. The first-order valence-corrected chi connectivity index (χ1v) is 7.22. The molecule has 19 heavy (non-hydrogen) atoms. The quantitative estimate of drug-likeness (QED) is 0.805. The predicted molar refractivity (Wildman–Crippen MR) is 74.0 cm³/mol. The number of carboxylic acid groups (broad SMARTS) is 1. The average Bonchev–Trinajstić information content (AvgIpc) is 2.72. The number of hydrogen-bond donors (Lipinski definition) is 2. The lowest BCUT2D eigenvalue weighted by Crippen LogP contribution is -2.48. The van der Waals surface area contributed by atoms with Crippen LogP contribution >= 0.6 is 0 Å². The van der Waals surface area contributed by atoms with Crippen molar-refractivity contribution >= 4 is 12.0 Å². The van der Waals surface area contributed by atoms with E-state index in [4.69, 9.17) is 5.11 Å². The van der Waals surface area contributed by atoms with Crippen LogP contribution in [0.1, 0.15) is 47.0 Å². The number of carbonyl (C=O) groups is 2. The number of aliphatic carboxylic acids is 1. The number of urea groups is 1.